The number of hydrogen-bond acceptors (Lipinski definition) is 6. The number of fused-ring (bicyclic) bond motifs is 2. The molecule has 0 aliphatic carbocycles. The summed E-state index contributed by atoms with van der Waals surface area (Å²) in [6.45, 7) is 1.90. The van der Waals surface area contributed by atoms with Gasteiger partial charge in [0.25, 0.3) is 5.91 Å². The standard InChI is InChI=1S/C21H14N2O4S/c1-11-2-7-15-14(10-11)18(25)16-17(12-3-5-13(24)6-4-12)23(20(26)19(16)27-15)21-22-8-9-28-21/h2-10,17,24H,1H3/t17-/m1/s1. The van der Waals surface area contributed by atoms with Crippen molar-refractivity contribution in [2.24, 2.45) is 0 Å². The van der Waals surface area contributed by atoms with Crippen molar-refractivity contribution >= 4 is 33.3 Å². The molecule has 2 aromatic heterocycles. The van der Waals surface area contributed by atoms with Crippen molar-refractivity contribution in [3.8, 4) is 5.75 Å². The fourth-order valence-electron chi connectivity index (χ4n) is 3.59. The summed E-state index contributed by atoms with van der Waals surface area (Å²) >= 11 is 1.31. The number of carbonyl (C=O) groups is 1. The molecule has 7 heteroatoms. The molecule has 28 heavy (non-hydrogen) atoms. The number of phenols is 1. The van der Waals surface area contributed by atoms with Crippen LogP contribution in [0.5, 0.6) is 5.75 Å². The lowest BCUT2D eigenvalue weighted by molar-refractivity contribution is 0.0971. The van der Waals surface area contributed by atoms with Crippen molar-refractivity contribution in [1.29, 1.82) is 0 Å². The monoisotopic (exact) mass is 390 g/mol. The Morgan fingerprint density at radius 3 is 2.64 bits per heavy atom. The number of nitrogens with zero attached hydrogens (tertiary/aromatic N) is 2. The van der Waals surface area contributed by atoms with Gasteiger partial charge in [-0.1, -0.05) is 23.8 Å². The molecule has 1 amide bonds. The summed E-state index contributed by atoms with van der Waals surface area (Å²) in [5, 5.41) is 12.3. The molecule has 3 heterocycles. The van der Waals surface area contributed by atoms with E-state index in [-0.39, 0.29) is 16.9 Å². The van der Waals surface area contributed by atoms with Gasteiger partial charge in [-0.2, -0.15) is 0 Å². The van der Waals surface area contributed by atoms with E-state index in [0.29, 0.717) is 27.2 Å². The van der Waals surface area contributed by atoms with Gasteiger partial charge in [-0.3, -0.25) is 14.5 Å². The van der Waals surface area contributed by atoms with Gasteiger partial charge in [-0.15, -0.1) is 11.3 Å². The molecule has 1 aliphatic rings. The lowest BCUT2D eigenvalue weighted by atomic mass is 9.98. The summed E-state index contributed by atoms with van der Waals surface area (Å²) in [6, 6.07) is 11.1. The molecule has 5 rings (SSSR count). The lowest BCUT2D eigenvalue weighted by Crippen LogP contribution is -2.29. The molecule has 1 atom stereocenters. The molecule has 6 nitrogen and oxygen atoms in total. The van der Waals surface area contributed by atoms with Crippen LogP contribution in [-0.2, 0) is 0 Å². The normalized spacial score (nSPS) is 16.0. The molecule has 0 spiro atoms. The fraction of sp³-hybridized carbons (Fsp3) is 0.0952. The highest BCUT2D eigenvalue weighted by Gasteiger charge is 2.44. The van der Waals surface area contributed by atoms with Crippen molar-refractivity contribution in [3.05, 3.63) is 86.7 Å². The maximum Gasteiger partial charge on any atom is 0.297 e. The van der Waals surface area contributed by atoms with Gasteiger partial charge >= 0.3 is 0 Å². The van der Waals surface area contributed by atoms with E-state index in [9.17, 15) is 14.7 Å². The molecule has 0 saturated carbocycles. The van der Waals surface area contributed by atoms with Crippen LogP contribution in [0, 0.1) is 6.92 Å². The van der Waals surface area contributed by atoms with Crippen molar-refractivity contribution in [2.75, 3.05) is 4.90 Å². The average Bonchev–Trinajstić information content (AvgIpc) is 3.30. The van der Waals surface area contributed by atoms with Crippen LogP contribution < -0.4 is 10.3 Å². The van der Waals surface area contributed by atoms with Gasteiger partial charge in [0, 0.05) is 11.6 Å². The number of hydrogen-bond donors (Lipinski definition) is 1. The van der Waals surface area contributed by atoms with E-state index in [0.717, 1.165) is 5.56 Å². The number of rotatable bonds is 2. The zero-order valence-electron chi connectivity index (χ0n) is 14.7. The van der Waals surface area contributed by atoms with Crippen LogP contribution >= 0.6 is 11.3 Å². The predicted octanol–water partition coefficient (Wildman–Crippen LogP) is 4.01. The van der Waals surface area contributed by atoms with Crippen LogP contribution in [-0.4, -0.2) is 16.0 Å². The Morgan fingerprint density at radius 1 is 1.14 bits per heavy atom. The maximum absolute atomic E-state index is 13.4. The average molecular weight is 390 g/mol. The van der Waals surface area contributed by atoms with Gasteiger partial charge in [-0.25, -0.2) is 4.98 Å². The number of thiazole rings is 1. The second-order valence-corrected chi connectivity index (χ2v) is 7.53. The topological polar surface area (TPSA) is 83.6 Å². The first kappa shape index (κ1) is 16.7. The summed E-state index contributed by atoms with van der Waals surface area (Å²) < 4.78 is 5.89. The molecule has 0 saturated heterocycles. The number of aryl methyl sites for hydroxylation is 1. The summed E-state index contributed by atoms with van der Waals surface area (Å²) in [5.41, 5.74) is 2.07. The molecule has 0 radical (unpaired) electrons. The Kier molecular flexibility index (Phi) is 3.60. The van der Waals surface area contributed by atoms with E-state index in [4.69, 9.17) is 4.42 Å². The summed E-state index contributed by atoms with van der Waals surface area (Å²) in [4.78, 5) is 32.4. The molecule has 1 N–H and O–H groups in total. The number of amides is 1. The first-order valence-corrected chi connectivity index (χ1v) is 9.52. The largest absolute Gasteiger partial charge is 0.508 e. The minimum absolute atomic E-state index is 0.0367. The highest BCUT2D eigenvalue weighted by molar-refractivity contribution is 7.13. The zero-order valence-corrected chi connectivity index (χ0v) is 15.6. The van der Waals surface area contributed by atoms with E-state index >= 15 is 0 Å². The number of benzene rings is 2. The summed E-state index contributed by atoms with van der Waals surface area (Å²) in [6.07, 6.45) is 1.61. The first-order chi connectivity index (χ1) is 13.5. The van der Waals surface area contributed by atoms with E-state index in [1.165, 1.54) is 28.4 Å². The Morgan fingerprint density at radius 2 is 1.93 bits per heavy atom. The quantitative estimate of drug-likeness (QED) is 0.559. The van der Waals surface area contributed by atoms with Gasteiger partial charge in [0.2, 0.25) is 5.76 Å². The van der Waals surface area contributed by atoms with Crippen LogP contribution in [0.4, 0.5) is 5.13 Å². The third-order valence-electron chi connectivity index (χ3n) is 4.86. The molecule has 0 fully saturated rings. The van der Waals surface area contributed by atoms with Gasteiger partial charge in [0.05, 0.1) is 17.0 Å². The minimum atomic E-state index is -0.671. The van der Waals surface area contributed by atoms with E-state index < -0.39 is 11.9 Å². The molecule has 138 valence electrons. The number of phenolic OH excluding ortho intramolecular Hbond substituents is 1. The predicted molar refractivity (Wildman–Crippen MR) is 106 cm³/mol. The Labute approximate surface area is 163 Å². The Bertz CT molecular complexity index is 1280. The summed E-state index contributed by atoms with van der Waals surface area (Å²) in [5.74, 6) is -0.257. The lowest BCUT2D eigenvalue weighted by Gasteiger charge is -2.22. The van der Waals surface area contributed by atoms with Crippen molar-refractivity contribution in [2.45, 2.75) is 13.0 Å². The Balaban J connectivity index is 1.83. The Hall–Kier alpha value is -3.45. The molecule has 2 aromatic carbocycles. The number of anilines is 1. The maximum atomic E-state index is 13.4. The van der Waals surface area contributed by atoms with Crippen LogP contribution in [0.1, 0.15) is 33.3 Å². The molecule has 4 aromatic rings. The number of aromatic nitrogens is 1. The van der Waals surface area contributed by atoms with Gasteiger partial charge in [0.15, 0.2) is 10.6 Å². The second-order valence-electron chi connectivity index (χ2n) is 6.66. The zero-order chi connectivity index (χ0) is 19.4. The molecule has 0 unspecified atom stereocenters. The molecule has 0 bridgehead atoms. The van der Waals surface area contributed by atoms with Crippen LogP contribution in [0.25, 0.3) is 11.0 Å². The van der Waals surface area contributed by atoms with Crippen LogP contribution in [0.3, 0.4) is 0 Å². The third kappa shape index (κ3) is 2.36. The highest BCUT2D eigenvalue weighted by Crippen LogP contribution is 2.42. The van der Waals surface area contributed by atoms with Crippen molar-refractivity contribution in [1.82, 2.24) is 4.98 Å². The van der Waals surface area contributed by atoms with Gasteiger partial charge in [0.1, 0.15) is 11.3 Å². The third-order valence-corrected chi connectivity index (χ3v) is 5.63. The second kappa shape index (κ2) is 6.03. The number of aromatic hydroxyl groups is 1. The van der Waals surface area contributed by atoms with Crippen LogP contribution in [0.15, 0.2) is 63.3 Å². The van der Waals surface area contributed by atoms with E-state index in [1.54, 1.807) is 35.8 Å². The molecular formula is C21H14N2O4S. The SMILES string of the molecule is Cc1ccc2oc3c(c(=O)c2c1)[C@@H](c1ccc(O)cc1)N(c1nccs1)C3=O. The minimum Gasteiger partial charge on any atom is -0.508 e. The van der Waals surface area contributed by atoms with Crippen molar-refractivity contribution in [3.63, 3.8) is 0 Å². The molecular weight excluding hydrogens is 376 g/mol. The van der Waals surface area contributed by atoms with E-state index in [2.05, 4.69) is 4.98 Å². The smallest absolute Gasteiger partial charge is 0.297 e. The van der Waals surface area contributed by atoms with Crippen LogP contribution in [0.2, 0.25) is 0 Å². The fourth-order valence-corrected chi connectivity index (χ4v) is 4.26. The van der Waals surface area contributed by atoms with Crippen molar-refractivity contribution < 1.29 is 14.3 Å². The highest BCUT2D eigenvalue weighted by atomic mass is 32.1. The van der Waals surface area contributed by atoms with Gasteiger partial charge in [-0.05, 0) is 36.8 Å². The van der Waals surface area contributed by atoms with E-state index in [1.807, 2.05) is 13.0 Å². The van der Waals surface area contributed by atoms with Gasteiger partial charge < -0.3 is 9.52 Å². The molecule has 1 aliphatic heterocycles. The summed E-state index contributed by atoms with van der Waals surface area (Å²) in [7, 11) is 0. The first-order valence-electron chi connectivity index (χ1n) is 8.64. The number of carbonyl (C=O) groups excluding carboxylic acids is 1.